The van der Waals surface area contributed by atoms with Crippen molar-refractivity contribution >= 4 is 10.0 Å². The highest BCUT2D eigenvalue weighted by molar-refractivity contribution is 7.89. The smallest absolute Gasteiger partial charge is 0.244 e. The van der Waals surface area contributed by atoms with Crippen molar-refractivity contribution in [3.05, 3.63) is 42.0 Å². The Labute approximate surface area is 122 Å². The van der Waals surface area contributed by atoms with Crippen LogP contribution < -0.4 is 5.73 Å². The van der Waals surface area contributed by atoms with Crippen molar-refractivity contribution in [2.75, 3.05) is 6.54 Å². The highest BCUT2D eigenvalue weighted by atomic mass is 32.2. The Morgan fingerprint density at radius 1 is 1.35 bits per heavy atom. The molecular weight excluding hydrogens is 272 g/mol. The third kappa shape index (κ3) is 3.48. The van der Waals surface area contributed by atoms with Crippen LogP contribution in [0.3, 0.4) is 0 Å². The van der Waals surface area contributed by atoms with Gasteiger partial charge in [-0.25, -0.2) is 8.42 Å². The molecule has 0 fully saturated rings. The summed E-state index contributed by atoms with van der Waals surface area (Å²) < 4.78 is 27.2. The van der Waals surface area contributed by atoms with Crippen LogP contribution in [0.15, 0.2) is 35.7 Å². The molecule has 5 heteroatoms. The lowest BCUT2D eigenvalue weighted by Gasteiger charge is -2.34. The number of rotatable bonds is 5. The summed E-state index contributed by atoms with van der Waals surface area (Å²) in [7, 11) is -3.58. The summed E-state index contributed by atoms with van der Waals surface area (Å²) in [5.41, 5.74) is 6.62. The standard InChI is InChI=1S/C15H24N2O2S/c1-6-9-17(15(3,4)5)20(18,19)14-10-13(11-16)8-7-12(14)2/h6-8,10H,1,9,11,16H2,2-5H3. The molecular formula is C15H24N2O2S. The van der Waals surface area contributed by atoms with Crippen molar-refractivity contribution in [3.63, 3.8) is 0 Å². The fourth-order valence-electron chi connectivity index (χ4n) is 2.02. The normalized spacial score (nSPS) is 12.7. The van der Waals surface area contributed by atoms with Gasteiger partial charge in [0.05, 0.1) is 4.90 Å². The van der Waals surface area contributed by atoms with E-state index >= 15 is 0 Å². The largest absolute Gasteiger partial charge is 0.326 e. The Kier molecular flexibility index (Phi) is 5.13. The molecule has 0 radical (unpaired) electrons. The average molecular weight is 296 g/mol. The molecule has 0 saturated carbocycles. The number of hydrogen-bond acceptors (Lipinski definition) is 3. The van der Waals surface area contributed by atoms with Gasteiger partial charge in [0.2, 0.25) is 10.0 Å². The molecule has 0 saturated heterocycles. The van der Waals surface area contributed by atoms with E-state index in [4.69, 9.17) is 5.73 Å². The molecule has 112 valence electrons. The first-order valence-electron chi connectivity index (χ1n) is 6.58. The van der Waals surface area contributed by atoms with Gasteiger partial charge in [0.15, 0.2) is 0 Å². The Morgan fingerprint density at radius 2 is 1.95 bits per heavy atom. The quantitative estimate of drug-likeness (QED) is 0.849. The molecule has 0 amide bonds. The average Bonchev–Trinajstić information content (AvgIpc) is 2.34. The van der Waals surface area contributed by atoms with Gasteiger partial charge >= 0.3 is 0 Å². The molecule has 0 heterocycles. The maximum Gasteiger partial charge on any atom is 0.244 e. The van der Waals surface area contributed by atoms with E-state index in [0.717, 1.165) is 11.1 Å². The zero-order valence-corrected chi connectivity index (χ0v) is 13.5. The number of nitrogens with two attached hydrogens (primary N) is 1. The first kappa shape index (κ1) is 16.9. The monoisotopic (exact) mass is 296 g/mol. The molecule has 0 atom stereocenters. The predicted octanol–water partition coefficient (Wildman–Crippen LogP) is 2.43. The van der Waals surface area contributed by atoms with Crippen molar-refractivity contribution in [1.82, 2.24) is 4.31 Å². The Bertz CT molecular complexity index is 586. The summed E-state index contributed by atoms with van der Waals surface area (Å²) in [6.45, 7) is 11.7. The molecule has 0 bridgehead atoms. The minimum Gasteiger partial charge on any atom is -0.326 e. The van der Waals surface area contributed by atoms with Gasteiger partial charge in [-0.05, 0) is 44.9 Å². The van der Waals surface area contributed by atoms with E-state index in [2.05, 4.69) is 6.58 Å². The Hall–Kier alpha value is -1.17. The second kappa shape index (κ2) is 6.08. The second-order valence-electron chi connectivity index (χ2n) is 5.80. The van der Waals surface area contributed by atoms with Crippen LogP contribution >= 0.6 is 0 Å². The zero-order chi connectivity index (χ0) is 15.6. The Balaban J connectivity index is 3.44. The molecule has 1 aromatic rings. The first-order chi connectivity index (χ1) is 9.14. The van der Waals surface area contributed by atoms with Gasteiger partial charge in [0.1, 0.15) is 0 Å². The summed E-state index contributed by atoms with van der Waals surface area (Å²) in [6, 6.07) is 5.31. The van der Waals surface area contributed by atoms with Crippen molar-refractivity contribution in [1.29, 1.82) is 0 Å². The van der Waals surface area contributed by atoms with E-state index in [0.29, 0.717) is 11.4 Å². The number of nitrogens with zero attached hydrogens (tertiary/aromatic N) is 1. The molecule has 4 nitrogen and oxygen atoms in total. The molecule has 0 aliphatic carbocycles. The molecule has 0 aromatic heterocycles. The SMILES string of the molecule is C=CCN(C(C)(C)C)S(=O)(=O)c1cc(CN)ccc1C. The van der Waals surface area contributed by atoms with Gasteiger partial charge in [-0.1, -0.05) is 18.2 Å². The third-order valence-corrected chi connectivity index (χ3v) is 5.37. The van der Waals surface area contributed by atoms with E-state index in [1.54, 1.807) is 25.1 Å². The second-order valence-corrected chi connectivity index (χ2v) is 7.63. The fourth-order valence-corrected chi connectivity index (χ4v) is 4.05. The van der Waals surface area contributed by atoms with Gasteiger partial charge < -0.3 is 5.73 Å². The maximum atomic E-state index is 12.9. The highest BCUT2D eigenvalue weighted by Gasteiger charge is 2.33. The van der Waals surface area contributed by atoms with Crippen molar-refractivity contribution < 1.29 is 8.42 Å². The minimum atomic E-state index is -3.58. The summed E-state index contributed by atoms with van der Waals surface area (Å²) in [6.07, 6.45) is 1.60. The van der Waals surface area contributed by atoms with Crippen LogP contribution in [-0.2, 0) is 16.6 Å². The van der Waals surface area contributed by atoms with Gasteiger partial charge in [0.25, 0.3) is 0 Å². The van der Waals surface area contributed by atoms with Crippen molar-refractivity contribution in [3.8, 4) is 0 Å². The molecule has 0 spiro atoms. The summed E-state index contributed by atoms with van der Waals surface area (Å²) >= 11 is 0. The minimum absolute atomic E-state index is 0.276. The van der Waals surface area contributed by atoms with E-state index in [1.807, 2.05) is 26.8 Å². The predicted molar refractivity (Wildman–Crippen MR) is 82.9 cm³/mol. The number of sulfonamides is 1. The number of aryl methyl sites for hydroxylation is 1. The van der Waals surface area contributed by atoms with E-state index in [9.17, 15) is 8.42 Å². The Morgan fingerprint density at radius 3 is 2.40 bits per heavy atom. The van der Waals surface area contributed by atoms with Gasteiger partial charge in [-0.3, -0.25) is 0 Å². The van der Waals surface area contributed by atoms with Crippen LogP contribution in [0.4, 0.5) is 0 Å². The summed E-state index contributed by atoms with van der Waals surface area (Å²) in [5, 5.41) is 0. The maximum absolute atomic E-state index is 12.9. The lowest BCUT2D eigenvalue weighted by atomic mass is 10.1. The summed E-state index contributed by atoms with van der Waals surface area (Å²) in [4.78, 5) is 0.317. The third-order valence-electron chi connectivity index (χ3n) is 3.10. The molecule has 0 unspecified atom stereocenters. The van der Waals surface area contributed by atoms with Crippen LogP contribution in [0.25, 0.3) is 0 Å². The zero-order valence-electron chi connectivity index (χ0n) is 12.7. The van der Waals surface area contributed by atoms with Crippen molar-refractivity contribution in [2.24, 2.45) is 5.73 Å². The van der Waals surface area contributed by atoms with Crippen molar-refractivity contribution in [2.45, 2.75) is 44.7 Å². The van der Waals surface area contributed by atoms with Crippen LogP contribution in [0, 0.1) is 6.92 Å². The number of hydrogen-bond donors (Lipinski definition) is 1. The van der Waals surface area contributed by atoms with E-state index in [1.165, 1.54) is 4.31 Å². The molecule has 1 aromatic carbocycles. The van der Waals surface area contributed by atoms with Crippen LogP contribution in [-0.4, -0.2) is 24.8 Å². The first-order valence-corrected chi connectivity index (χ1v) is 8.02. The van der Waals surface area contributed by atoms with Crippen LogP contribution in [0.5, 0.6) is 0 Å². The number of benzene rings is 1. The van der Waals surface area contributed by atoms with Gasteiger partial charge in [0, 0.05) is 18.6 Å². The van der Waals surface area contributed by atoms with Gasteiger partial charge in [-0.15, -0.1) is 6.58 Å². The molecule has 20 heavy (non-hydrogen) atoms. The van der Waals surface area contributed by atoms with Gasteiger partial charge in [-0.2, -0.15) is 4.31 Å². The molecule has 2 N–H and O–H groups in total. The van der Waals surface area contributed by atoms with Crippen LogP contribution in [0.1, 0.15) is 31.9 Å². The molecule has 0 aliphatic rings. The highest BCUT2D eigenvalue weighted by Crippen LogP contribution is 2.27. The lowest BCUT2D eigenvalue weighted by molar-refractivity contribution is 0.269. The fraction of sp³-hybridized carbons (Fsp3) is 0.467. The van der Waals surface area contributed by atoms with E-state index in [-0.39, 0.29) is 6.54 Å². The topological polar surface area (TPSA) is 63.4 Å². The van der Waals surface area contributed by atoms with Crippen LogP contribution in [0.2, 0.25) is 0 Å². The molecule has 0 aliphatic heterocycles. The lowest BCUT2D eigenvalue weighted by Crippen LogP contribution is -2.45. The van der Waals surface area contributed by atoms with E-state index < -0.39 is 15.6 Å². The molecule has 1 rings (SSSR count). The summed E-state index contributed by atoms with van der Waals surface area (Å²) in [5.74, 6) is 0.